The van der Waals surface area contributed by atoms with Crippen LogP contribution in [0.4, 0.5) is 0 Å². The molecule has 1 aliphatic heterocycles. The maximum atomic E-state index is 11.7. The van der Waals surface area contributed by atoms with Crippen molar-refractivity contribution in [1.29, 1.82) is 0 Å². The molecule has 1 heterocycles. The quantitative estimate of drug-likeness (QED) is 0.296. The number of hydrogen-bond donors (Lipinski definition) is 3. The Kier molecular flexibility index (Phi) is 3.52. The molecule has 1 aromatic carbocycles. The number of nitrogens with one attached hydrogen (secondary N) is 1. The summed E-state index contributed by atoms with van der Waals surface area (Å²) in [6.45, 7) is 0.0792. The monoisotopic (exact) mass is 251 g/mol. The second kappa shape index (κ2) is 5.26. The normalized spacial score (nSPS) is 18.2. The highest BCUT2D eigenvalue weighted by atomic mass is 16.6. The summed E-state index contributed by atoms with van der Waals surface area (Å²) in [5, 5.41) is 13.6. The highest BCUT2D eigenvalue weighted by Crippen LogP contribution is 2.30. The zero-order valence-corrected chi connectivity index (χ0v) is 9.50. The number of amides is 1. The van der Waals surface area contributed by atoms with E-state index < -0.39 is 6.10 Å². The highest BCUT2D eigenvalue weighted by molar-refractivity contribution is 5.88. The third-order valence-corrected chi connectivity index (χ3v) is 2.37. The van der Waals surface area contributed by atoms with Crippen LogP contribution in [0.25, 0.3) is 0 Å². The highest BCUT2D eigenvalue weighted by Gasteiger charge is 2.26. The molecule has 18 heavy (non-hydrogen) atoms. The van der Waals surface area contributed by atoms with Crippen molar-refractivity contribution in [3.05, 3.63) is 24.3 Å². The molecular weight excluding hydrogens is 238 g/mol. The number of carbonyl (C=O) groups is 1. The van der Waals surface area contributed by atoms with Crippen molar-refractivity contribution in [2.75, 3.05) is 13.2 Å². The molecule has 0 spiro atoms. The summed E-state index contributed by atoms with van der Waals surface area (Å²) in [7, 11) is 0. The van der Waals surface area contributed by atoms with Gasteiger partial charge in [-0.1, -0.05) is 17.3 Å². The van der Waals surface area contributed by atoms with E-state index in [0.29, 0.717) is 11.5 Å². The van der Waals surface area contributed by atoms with Crippen molar-refractivity contribution in [2.45, 2.75) is 6.10 Å². The van der Waals surface area contributed by atoms with Gasteiger partial charge in [0, 0.05) is 0 Å². The Morgan fingerprint density at radius 3 is 2.94 bits per heavy atom. The summed E-state index contributed by atoms with van der Waals surface area (Å²) in [5.74, 6) is 0.669. The van der Waals surface area contributed by atoms with Gasteiger partial charge in [0.15, 0.2) is 17.3 Å². The van der Waals surface area contributed by atoms with Gasteiger partial charge in [-0.3, -0.25) is 4.79 Å². The number of nitrogens with zero attached hydrogens (tertiary/aromatic N) is 1. The average Bonchev–Trinajstić information content (AvgIpc) is 2.43. The fraction of sp³-hybridized carbons (Fsp3) is 0.273. The van der Waals surface area contributed by atoms with Crippen molar-refractivity contribution in [3.8, 4) is 11.5 Å². The van der Waals surface area contributed by atoms with Gasteiger partial charge in [-0.15, -0.1) is 0 Å². The molecule has 7 nitrogen and oxygen atoms in total. The van der Waals surface area contributed by atoms with Gasteiger partial charge in [-0.2, -0.15) is 0 Å². The topological polar surface area (TPSA) is 106 Å². The molecule has 1 atom stereocenters. The summed E-state index contributed by atoms with van der Waals surface area (Å²) < 4.78 is 10.9. The van der Waals surface area contributed by atoms with Crippen LogP contribution in [0, 0.1) is 0 Å². The number of benzene rings is 1. The summed E-state index contributed by atoms with van der Waals surface area (Å²) in [4.78, 5) is 11.7. The molecule has 0 bridgehead atoms. The Balaban J connectivity index is 1.94. The van der Waals surface area contributed by atoms with Gasteiger partial charge in [0.1, 0.15) is 6.61 Å². The first kappa shape index (κ1) is 12.0. The van der Waals surface area contributed by atoms with Gasteiger partial charge >= 0.3 is 0 Å². The van der Waals surface area contributed by atoms with Gasteiger partial charge in [0.2, 0.25) is 6.10 Å². The maximum absolute atomic E-state index is 11.7. The van der Waals surface area contributed by atoms with Crippen LogP contribution in [-0.2, 0) is 4.79 Å². The molecular formula is C11H13N3O4. The van der Waals surface area contributed by atoms with Crippen LogP contribution in [-0.4, -0.2) is 36.2 Å². The lowest BCUT2D eigenvalue weighted by molar-refractivity contribution is -0.130. The summed E-state index contributed by atoms with van der Waals surface area (Å²) in [5.41, 5.74) is 5.24. The summed E-state index contributed by atoms with van der Waals surface area (Å²) in [6.07, 6.45) is -0.744. The third kappa shape index (κ3) is 2.62. The molecule has 4 N–H and O–H groups in total. The molecule has 1 unspecified atom stereocenters. The van der Waals surface area contributed by atoms with Crippen LogP contribution in [0.3, 0.4) is 0 Å². The number of oxime groups is 1. The smallest absolute Gasteiger partial charge is 0.265 e. The molecule has 1 aromatic rings. The predicted octanol–water partition coefficient (Wildman–Crippen LogP) is -0.311. The van der Waals surface area contributed by atoms with Gasteiger partial charge in [-0.05, 0) is 12.1 Å². The molecule has 2 rings (SSSR count). The molecule has 7 heteroatoms. The minimum Gasteiger partial charge on any atom is -0.485 e. The van der Waals surface area contributed by atoms with E-state index in [-0.39, 0.29) is 24.9 Å². The number of para-hydroxylation sites is 2. The number of fused-ring (bicyclic) bond motifs is 1. The Hall–Kier alpha value is -2.44. The molecule has 0 saturated carbocycles. The van der Waals surface area contributed by atoms with Crippen LogP contribution in [0.2, 0.25) is 0 Å². The van der Waals surface area contributed by atoms with Crippen LogP contribution in [0.5, 0.6) is 11.5 Å². The van der Waals surface area contributed by atoms with Crippen LogP contribution in [0.15, 0.2) is 29.4 Å². The van der Waals surface area contributed by atoms with E-state index >= 15 is 0 Å². The van der Waals surface area contributed by atoms with Crippen LogP contribution >= 0.6 is 0 Å². The first-order chi connectivity index (χ1) is 8.70. The Bertz CT molecular complexity index is 475. The lowest BCUT2D eigenvalue weighted by Crippen LogP contribution is -2.46. The van der Waals surface area contributed by atoms with E-state index in [2.05, 4.69) is 10.5 Å². The zero-order valence-electron chi connectivity index (χ0n) is 9.50. The summed E-state index contributed by atoms with van der Waals surface area (Å²) in [6, 6.07) is 7.10. The largest absolute Gasteiger partial charge is 0.485 e. The van der Waals surface area contributed by atoms with Crippen molar-refractivity contribution in [3.63, 3.8) is 0 Å². The molecule has 1 aliphatic rings. The number of carbonyl (C=O) groups excluding carboxylic acids is 1. The van der Waals surface area contributed by atoms with E-state index in [1.54, 1.807) is 18.2 Å². The second-order valence-corrected chi connectivity index (χ2v) is 3.67. The molecule has 0 aliphatic carbocycles. The average molecular weight is 251 g/mol. The van der Waals surface area contributed by atoms with Crippen molar-refractivity contribution < 1.29 is 19.5 Å². The fourth-order valence-corrected chi connectivity index (χ4v) is 1.48. The first-order valence-corrected chi connectivity index (χ1v) is 5.33. The lowest BCUT2D eigenvalue weighted by atomic mass is 10.2. The SMILES string of the molecule is N/C(CNC(=O)C1COc2ccccc2O1)=N\O. The maximum Gasteiger partial charge on any atom is 0.265 e. The predicted molar refractivity (Wildman–Crippen MR) is 62.8 cm³/mol. The minimum absolute atomic E-state index is 0.0448. The number of rotatable bonds is 3. The molecule has 0 saturated heterocycles. The lowest BCUT2D eigenvalue weighted by Gasteiger charge is -2.25. The van der Waals surface area contributed by atoms with Gasteiger partial charge in [0.25, 0.3) is 5.91 Å². The number of nitrogens with two attached hydrogens (primary N) is 1. The van der Waals surface area contributed by atoms with E-state index in [1.165, 1.54) is 0 Å². The Morgan fingerprint density at radius 1 is 1.50 bits per heavy atom. The minimum atomic E-state index is -0.744. The molecule has 0 aromatic heterocycles. The van der Waals surface area contributed by atoms with E-state index in [9.17, 15) is 4.79 Å². The number of amidine groups is 1. The molecule has 96 valence electrons. The van der Waals surface area contributed by atoms with Gasteiger partial charge in [-0.25, -0.2) is 0 Å². The van der Waals surface area contributed by atoms with E-state index in [0.717, 1.165) is 0 Å². The van der Waals surface area contributed by atoms with Crippen molar-refractivity contribution >= 4 is 11.7 Å². The summed E-state index contributed by atoms with van der Waals surface area (Å²) >= 11 is 0. The van der Waals surface area contributed by atoms with Crippen LogP contribution < -0.4 is 20.5 Å². The Morgan fingerprint density at radius 2 is 2.22 bits per heavy atom. The zero-order chi connectivity index (χ0) is 13.0. The third-order valence-electron chi connectivity index (χ3n) is 2.37. The van der Waals surface area contributed by atoms with Crippen LogP contribution in [0.1, 0.15) is 0 Å². The first-order valence-electron chi connectivity index (χ1n) is 5.33. The van der Waals surface area contributed by atoms with E-state index in [4.69, 9.17) is 20.4 Å². The standard InChI is InChI=1S/C11H13N3O4/c12-10(14-16)5-13-11(15)9-6-17-7-3-1-2-4-8(7)18-9/h1-4,9,16H,5-6H2,(H2,12,14)(H,13,15). The van der Waals surface area contributed by atoms with Gasteiger partial charge in [0.05, 0.1) is 6.54 Å². The molecule has 0 fully saturated rings. The van der Waals surface area contributed by atoms with Crippen molar-refractivity contribution in [2.24, 2.45) is 10.9 Å². The van der Waals surface area contributed by atoms with E-state index in [1.807, 2.05) is 6.07 Å². The number of ether oxygens (including phenoxy) is 2. The molecule has 0 radical (unpaired) electrons. The second-order valence-electron chi connectivity index (χ2n) is 3.67. The Labute approximate surface area is 103 Å². The fourth-order valence-electron chi connectivity index (χ4n) is 1.48. The van der Waals surface area contributed by atoms with Crippen molar-refractivity contribution in [1.82, 2.24) is 5.32 Å². The molecule has 1 amide bonds. The van der Waals surface area contributed by atoms with Gasteiger partial charge < -0.3 is 25.7 Å². The number of hydrogen-bond acceptors (Lipinski definition) is 5.